The highest BCUT2D eigenvalue weighted by atomic mass is 16.2. The van der Waals surface area contributed by atoms with Gasteiger partial charge in [-0.2, -0.15) is 5.26 Å². The molecular formula is C21H24N4O. The zero-order chi connectivity index (χ0) is 18.7. The first kappa shape index (κ1) is 17.9. The van der Waals surface area contributed by atoms with Crippen molar-refractivity contribution in [2.45, 2.75) is 26.7 Å². The number of rotatable bonds is 3. The minimum Gasteiger partial charge on any atom is -0.357 e. The van der Waals surface area contributed by atoms with Crippen molar-refractivity contribution >= 4 is 17.4 Å². The minimum absolute atomic E-state index is 0.0366. The highest BCUT2D eigenvalue weighted by Gasteiger charge is 2.28. The van der Waals surface area contributed by atoms with Crippen LogP contribution in [0, 0.1) is 31.1 Å². The lowest BCUT2D eigenvalue weighted by Gasteiger charge is -2.34. The summed E-state index contributed by atoms with van der Waals surface area (Å²) >= 11 is 0. The molecule has 1 aliphatic rings. The number of nitrogens with zero attached hydrogens (tertiary/aromatic N) is 4. The zero-order valence-corrected chi connectivity index (χ0v) is 15.6. The molecule has 3 rings (SSSR count). The Kier molecular flexibility index (Phi) is 5.22. The van der Waals surface area contributed by atoms with E-state index in [9.17, 15) is 4.79 Å². The van der Waals surface area contributed by atoms with E-state index in [1.807, 2.05) is 30.1 Å². The minimum atomic E-state index is 0.0366. The van der Waals surface area contributed by atoms with Crippen molar-refractivity contribution in [2.75, 3.05) is 29.9 Å². The molecule has 0 aliphatic carbocycles. The van der Waals surface area contributed by atoms with Gasteiger partial charge in [-0.1, -0.05) is 12.1 Å². The molecule has 0 atom stereocenters. The maximum absolute atomic E-state index is 12.9. The van der Waals surface area contributed by atoms with Crippen LogP contribution in [0.1, 0.15) is 29.5 Å². The Labute approximate surface area is 154 Å². The summed E-state index contributed by atoms with van der Waals surface area (Å²) in [6.07, 6.45) is 3.23. The molecule has 1 saturated heterocycles. The van der Waals surface area contributed by atoms with Crippen LogP contribution in [0.2, 0.25) is 0 Å². The summed E-state index contributed by atoms with van der Waals surface area (Å²) in [6.45, 7) is 5.74. The van der Waals surface area contributed by atoms with Crippen LogP contribution in [0.5, 0.6) is 0 Å². The van der Waals surface area contributed by atoms with Crippen molar-refractivity contribution in [3.8, 4) is 6.07 Å². The van der Waals surface area contributed by atoms with Crippen LogP contribution >= 0.6 is 0 Å². The van der Waals surface area contributed by atoms with Gasteiger partial charge in [0.1, 0.15) is 11.9 Å². The Morgan fingerprint density at radius 2 is 1.96 bits per heavy atom. The third-order valence-corrected chi connectivity index (χ3v) is 5.31. The Morgan fingerprint density at radius 3 is 2.58 bits per heavy atom. The molecule has 5 nitrogen and oxygen atoms in total. The maximum Gasteiger partial charge on any atom is 0.229 e. The van der Waals surface area contributed by atoms with Crippen molar-refractivity contribution in [1.82, 2.24) is 4.98 Å². The van der Waals surface area contributed by atoms with Crippen molar-refractivity contribution in [2.24, 2.45) is 5.92 Å². The van der Waals surface area contributed by atoms with Gasteiger partial charge in [0.05, 0.1) is 5.56 Å². The number of carbonyl (C=O) groups excluding carboxylic acids is 1. The van der Waals surface area contributed by atoms with Gasteiger partial charge in [0.2, 0.25) is 5.91 Å². The number of carbonyl (C=O) groups is 1. The monoisotopic (exact) mass is 348 g/mol. The lowest BCUT2D eigenvalue weighted by molar-refractivity contribution is -0.122. The van der Waals surface area contributed by atoms with Gasteiger partial charge in [-0.15, -0.1) is 0 Å². The number of anilines is 2. The second-order valence-electron chi connectivity index (χ2n) is 6.89. The van der Waals surface area contributed by atoms with E-state index in [2.05, 4.69) is 35.9 Å². The van der Waals surface area contributed by atoms with Crippen LogP contribution < -0.4 is 9.80 Å². The van der Waals surface area contributed by atoms with Gasteiger partial charge in [-0.3, -0.25) is 4.79 Å². The zero-order valence-electron chi connectivity index (χ0n) is 15.6. The van der Waals surface area contributed by atoms with Crippen LogP contribution in [0.15, 0.2) is 36.5 Å². The fourth-order valence-electron chi connectivity index (χ4n) is 3.49. The quantitative estimate of drug-likeness (QED) is 0.852. The average molecular weight is 348 g/mol. The molecule has 0 saturated carbocycles. The smallest absolute Gasteiger partial charge is 0.229 e. The summed E-state index contributed by atoms with van der Waals surface area (Å²) in [5, 5.41) is 8.87. The Morgan fingerprint density at radius 1 is 1.23 bits per heavy atom. The van der Waals surface area contributed by atoms with E-state index in [0.717, 1.165) is 43.0 Å². The van der Waals surface area contributed by atoms with Gasteiger partial charge >= 0.3 is 0 Å². The lowest BCUT2D eigenvalue weighted by atomic mass is 9.94. The number of benzene rings is 1. The van der Waals surface area contributed by atoms with E-state index in [0.29, 0.717) is 5.56 Å². The van der Waals surface area contributed by atoms with Crippen molar-refractivity contribution < 1.29 is 4.79 Å². The van der Waals surface area contributed by atoms with E-state index >= 15 is 0 Å². The van der Waals surface area contributed by atoms with Crippen molar-refractivity contribution in [3.05, 3.63) is 53.2 Å². The standard InChI is InChI=1S/C21H24N4O/c1-15-5-4-6-19(16(15)2)24(3)21(26)18-9-11-25(12-10-18)20-8-7-17(13-22)14-23-20/h4-8,14,18H,9-12H2,1-3H3. The highest BCUT2D eigenvalue weighted by molar-refractivity contribution is 5.95. The number of nitriles is 1. The van der Waals surface area contributed by atoms with E-state index in [4.69, 9.17) is 5.26 Å². The molecule has 0 spiro atoms. The molecule has 1 amide bonds. The molecule has 1 aromatic heterocycles. The summed E-state index contributed by atoms with van der Waals surface area (Å²) in [6, 6.07) is 11.8. The summed E-state index contributed by atoms with van der Waals surface area (Å²) in [5.41, 5.74) is 3.91. The van der Waals surface area contributed by atoms with Gasteiger partial charge < -0.3 is 9.80 Å². The van der Waals surface area contributed by atoms with Crippen molar-refractivity contribution in [1.29, 1.82) is 5.26 Å². The average Bonchev–Trinajstić information content (AvgIpc) is 2.69. The third-order valence-electron chi connectivity index (χ3n) is 5.31. The van der Waals surface area contributed by atoms with Crippen molar-refractivity contribution in [3.63, 3.8) is 0 Å². The number of pyridine rings is 1. The third kappa shape index (κ3) is 3.55. The number of aryl methyl sites for hydroxylation is 1. The summed E-state index contributed by atoms with van der Waals surface area (Å²) in [7, 11) is 1.87. The first-order valence-electron chi connectivity index (χ1n) is 8.96. The molecule has 1 aromatic carbocycles. The number of hydrogen-bond acceptors (Lipinski definition) is 4. The summed E-state index contributed by atoms with van der Waals surface area (Å²) in [5.74, 6) is 1.10. The molecule has 0 unspecified atom stereocenters. The molecule has 134 valence electrons. The molecule has 2 heterocycles. The Balaban J connectivity index is 1.64. The summed E-state index contributed by atoms with van der Waals surface area (Å²) < 4.78 is 0. The van der Waals surface area contributed by atoms with E-state index in [1.54, 1.807) is 12.3 Å². The van der Waals surface area contributed by atoms with Gasteiger partial charge in [0.15, 0.2) is 0 Å². The molecule has 0 bridgehead atoms. The molecule has 2 aromatic rings. The Hall–Kier alpha value is -2.87. The van der Waals surface area contributed by atoms with Crippen LogP contribution in [0.3, 0.4) is 0 Å². The van der Waals surface area contributed by atoms with E-state index in [-0.39, 0.29) is 11.8 Å². The Bertz CT molecular complexity index is 830. The second kappa shape index (κ2) is 7.57. The molecule has 1 aliphatic heterocycles. The maximum atomic E-state index is 12.9. The van der Waals surface area contributed by atoms with Gasteiger partial charge in [-0.05, 0) is 56.0 Å². The molecule has 5 heteroatoms. The van der Waals surface area contributed by atoms with Crippen LogP contribution in [0.4, 0.5) is 11.5 Å². The molecular weight excluding hydrogens is 324 g/mol. The molecule has 0 radical (unpaired) electrons. The van der Waals surface area contributed by atoms with Gasteiger partial charge in [0.25, 0.3) is 0 Å². The van der Waals surface area contributed by atoms with E-state index in [1.165, 1.54) is 5.56 Å². The predicted molar refractivity (Wildman–Crippen MR) is 103 cm³/mol. The number of aromatic nitrogens is 1. The number of piperidine rings is 1. The fourth-order valence-corrected chi connectivity index (χ4v) is 3.49. The highest BCUT2D eigenvalue weighted by Crippen LogP contribution is 2.27. The summed E-state index contributed by atoms with van der Waals surface area (Å²) in [4.78, 5) is 21.3. The number of hydrogen-bond donors (Lipinski definition) is 0. The molecule has 1 fully saturated rings. The molecule has 0 N–H and O–H groups in total. The lowest BCUT2D eigenvalue weighted by Crippen LogP contribution is -2.41. The van der Waals surface area contributed by atoms with Crippen LogP contribution in [-0.4, -0.2) is 31.0 Å². The molecule has 26 heavy (non-hydrogen) atoms. The van der Waals surface area contributed by atoms with Gasteiger partial charge in [-0.25, -0.2) is 4.98 Å². The SMILES string of the molecule is Cc1cccc(N(C)C(=O)C2CCN(c3ccc(C#N)cn3)CC2)c1C. The fraction of sp³-hybridized carbons (Fsp3) is 0.381. The van der Waals surface area contributed by atoms with Crippen LogP contribution in [-0.2, 0) is 4.79 Å². The van der Waals surface area contributed by atoms with E-state index < -0.39 is 0 Å². The van der Waals surface area contributed by atoms with Gasteiger partial charge in [0, 0.05) is 37.9 Å². The first-order valence-corrected chi connectivity index (χ1v) is 8.96. The number of amides is 1. The second-order valence-corrected chi connectivity index (χ2v) is 6.89. The largest absolute Gasteiger partial charge is 0.357 e. The topological polar surface area (TPSA) is 60.2 Å². The normalized spacial score (nSPS) is 14.8. The predicted octanol–water partition coefficient (Wildman–Crippen LogP) is 3.45. The first-order chi connectivity index (χ1) is 12.5. The van der Waals surface area contributed by atoms with Crippen LogP contribution in [0.25, 0.3) is 0 Å².